The first kappa shape index (κ1) is 125. The lowest BCUT2D eigenvalue weighted by Crippen LogP contribution is -2.50. The number of ether oxygens (including phenoxy) is 6. The standard InChI is InChI=1S/C107H199N3O21/c1-7-13-19-25-31-37-43-49-56-64-72-93(73-65-57-50-44-38-32-26-20-14-8-2)103(122)128-89-107(90-129-104(123)94(74-66-58-51-45-39-33-27-21-15-9-3)75-67-59-52-46-40-34-28-22-16-10-4,91-130-105(124)95(76-68-60-53-47-41-35-29-23-17-11-5)77-69-61-54-48-42-36-30-24-18-12-6)92-131-106(125)127-83-71-63-55-62-70-82-126-101(119)84-96(102(120)121)110(80-78-108(85-97(111)112)86-98(113)114)81-79-109(87-99(115)116)88-100(117)118/h93-96H,7-92H2,1-6H3,(H,111,112)(H,113,114)(H,115,116)(H,117,118)(H,120,121). The van der Waals surface area contributed by atoms with Gasteiger partial charge in [0.1, 0.15) is 37.9 Å². The molecule has 0 aliphatic carbocycles. The van der Waals surface area contributed by atoms with E-state index in [-0.39, 0.29) is 94.9 Å². The first-order valence-corrected chi connectivity index (χ1v) is 54.3. The predicted octanol–water partition coefficient (Wildman–Crippen LogP) is 27.1. The van der Waals surface area contributed by atoms with Crippen LogP contribution in [0.25, 0.3) is 0 Å². The molecule has 0 aromatic carbocycles. The average Bonchev–Trinajstić information content (AvgIpc) is 0.840. The number of carbonyl (C=O) groups is 10. The van der Waals surface area contributed by atoms with E-state index in [1.165, 1.54) is 275 Å². The zero-order valence-corrected chi connectivity index (χ0v) is 84.7. The number of nitrogens with zero attached hydrogens (tertiary/aromatic N) is 3. The molecule has 0 aliphatic heterocycles. The molecule has 0 rings (SSSR count). The van der Waals surface area contributed by atoms with E-state index in [4.69, 9.17) is 28.4 Å². The molecule has 1 atom stereocenters. The molecule has 0 spiro atoms. The molecular weight excluding hydrogens is 1660 g/mol. The predicted molar refractivity (Wildman–Crippen MR) is 527 cm³/mol. The molecule has 24 nitrogen and oxygen atoms in total. The second kappa shape index (κ2) is 92.1. The third-order valence-electron chi connectivity index (χ3n) is 26.2. The Morgan fingerprint density at radius 1 is 0.237 bits per heavy atom. The highest BCUT2D eigenvalue weighted by Gasteiger charge is 2.41. The van der Waals surface area contributed by atoms with Gasteiger partial charge in [-0.15, -0.1) is 0 Å². The number of carboxylic acids is 5. The van der Waals surface area contributed by atoms with Gasteiger partial charge in [0.2, 0.25) is 0 Å². The Balaban J connectivity index is 7.58. The molecule has 0 fully saturated rings. The van der Waals surface area contributed by atoms with E-state index < -0.39 is 92.6 Å². The van der Waals surface area contributed by atoms with Crippen molar-refractivity contribution in [2.45, 2.75) is 510 Å². The summed E-state index contributed by atoms with van der Waals surface area (Å²) in [7, 11) is 0. The van der Waals surface area contributed by atoms with Gasteiger partial charge < -0.3 is 54.0 Å². The van der Waals surface area contributed by atoms with Crippen molar-refractivity contribution in [2.75, 3.05) is 92.0 Å². The number of unbranched alkanes of at least 4 members (excludes halogenated alkanes) is 58. The van der Waals surface area contributed by atoms with Gasteiger partial charge in [0.25, 0.3) is 0 Å². The van der Waals surface area contributed by atoms with Crippen molar-refractivity contribution in [1.29, 1.82) is 0 Å². The van der Waals surface area contributed by atoms with Crippen LogP contribution in [-0.4, -0.2) is 198 Å². The topological polar surface area (TPSA) is 337 Å². The summed E-state index contributed by atoms with van der Waals surface area (Å²) in [6.07, 6.45) is 75.0. The van der Waals surface area contributed by atoms with Crippen LogP contribution in [0, 0.1) is 23.2 Å². The molecule has 0 saturated heterocycles. The molecule has 0 aliphatic rings. The molecule has 0 amide bonds. The fraction of sp³-hybridized carbons (Fsp3) is 0.907. The highest BCUT2D eigenvalue weighted by Crippen LogP contribution is 2.31. The lowest BCUT2D eigenvalue weighted by atomic mass is 9.90. The normalized spacial score (nSPS) is 12.0. The third kappa shape index (κ3) is 80.2. The van der Waals surface area contributed by atoms with Crippen molar-refractivity contribution in [2.24, 2.45) is 23.2 Å². The summed E-state index contributed by atoms with van der Waals surface area (Å²) in [4.78, 5) is 136. The number of carboxylic acid groups (broad SMARTS) is 5. The molecule has 768 valence electrons. The van der Waals surface area contributed by atoms with E-state index >= 15 is 14.4 Å². The summed E-state index contributed by atoms with van der Waals surface area (Å²) in [6.45, 7) is 7.98. The minimum absolute atomic E-state index is 0.0274. The molecule has 0 radical (unpaired) electrons. The van der Waals surface area contributed by atoms with Gasteiger partial charge in [-0.3, -0.25) is 57.9 Å². The largest absolute Gasteiger partial charge is 0.508 e. The maximum atomic E-state index is 15.2. The van der Waals surface area contributed by atoms with Crippen molar-refractivity contribution < 1.29 is 102 Å². The minimum Gasteiger partial charge on any atom is -0.480 e. The van der Waals surface area contributed by atoms with Crippen molar-refractivity contribution in [3.8, 4) is 0 Å². The number of aliphatic carboxylic acids is 5. The van der Waals surface area contributed by atoms with E-state index in [0.29, 0.717) is 70.6 Å². The average molecular weight is 1860 g/mol. The summed E-state index contributed by atoms with van der Waals surface area (Å²) in [5, 5.41) is 48.2. The maximum Gasteiger partial charge on any atom is 0.508 e. The molecular formula is C107H199N3O21. The van der Waals surface area contributed by atoms with Crippen LogP contribution >= 0.6 is 0 Å². The molecule has 24 heteroatoms. The van der Waals surface area contributed by atoms with Crippen LogP contribution < -0.4 is 0 Å². The quantitative estimate of drug-likeness (QED) is 0.0214. The Morgan fingerprint density at radius 3 is 0.649 bits per heavy atom. The summed E-state index contributed by atoms with van der Waals surface area (Å²) in [6, 6.07) is -1.60. The minimum atomic E-state index is -1.60. The van der Waals surface area contributed by atoms with Crippen molar-refractivity contribution >= 4 is 59.9 Å². The molecule has 0 bridgehead atoms. The summed E-state index contributed by atoms with van der Waals surface area (Å²) in [5.41, 5.74) is -1.52. The summed E-state index contributed by atoms with van der Waals surface area (Å²) >= 11 is 0. The second-order valence-corrected chi connectivity index (χ2v) is 38.7. The first-order valence-electron chi connectivity index (χ1n) is 54.3. The van der Waals surface area contributed by atoms with Gasteiger partial charge in [-0.2, -0.15) is 0 Å². The smallest absolute Gasteiger partial charge is 0.480 e. The SMILES string of the molecule is CCCCCCCCCCCCC(CCCCCCCCCCCC)C(=O)OCC(COC(=O)OCCCCCCCOC(=O)CC(C(=O)O)N(CCN(CC(=O)O)CC(=O)O)CCN(CC(=O)O)CC(=O)O)(COC(=O)C(CCCCCCCCCCCC)CCCCCCCCCCCC)COC(=O)C(CCCCCCCCCCCC)CCCCCCCCCCCC. The number of hydrogen-bond donors (Lipinski definition) is 5. The lowest BCUT2D eigenvalue weighted by molar-refractivity contribution is -0.172. The highest BCUT2D eigenvalue weighted by atomic mass is 16.7. The van der Waals surface area contributed by atoms with Crippen LogP contribution in [0.1, 0.15) is 504 Å². The third-order valence-corrected chi connectivity index (χ3v) is 26.2. The highest BCUT2D eigenvalue weighted by molar-refractivity contribution is 5.81. The van der Waals surface area contributed by atoms with Gasteiger partial charge in [0.15, 0.2) is 0 Å². The van der Waals surface area contributed by atoms with E-state index in [0.717, 1.165) is 125 Å². The van der Waals surface area contributed by atoms with Gasteiger partial charge in [-0.05, 0) is 51.4 Å². The van der Waals surface area contributed by atoms with E-state index in [9.17, 15) is 59.1 Å². The van der Waals surface area contributed by atoms with Crippen LogP contribution in [0.2, 0.25) is 0 Å². The van der Waals surface area contributed by atoms with Crippen LogP contribution in [0.5, 0.6) is 0 Å². The first-order chi connectivity index (χ1) is 63.6. The van der Waals surface area contributed by atoms with Crippen LogP contribution in [-0.2, 0) is 71.6 Å². The number of esters is 4. The fourth-order valence-corrected chi connectivity index (χ4v) is 17.8. The molecule has 0 heterocycles. The monoisotopic (exact) mass is 1860 g/mol. The zero-order chi connectivity index (χ0) is 96.4. The molecule has 1 unspecified atom stereocenters. The summed E-state index contributed by atoms with van der Waals surface area (Å²) in [5.74, 6) is -9.93. The second-order valence-electron chi connectivity index (χ2n) is 38.7. The lowest BCUT2D eigenvalue weighted by Gasteiger charge is -2.33. The van der Waals surface area contributed by atoms with Gasteiger partial charge in [-0.1, -0.05) is 446 Å². The number of rotatable bonds is 103. The van der Waals surface area contributed by atoms with Crippen LogP contribution in [0.4, 0.5) is 4.79 Å². The molecule has 0 saturated carbocycles. The van der Waals surface area contributed by atoms with E-state index in [2.05, 4.69) is 41.5 Å². The Labute approximate surface area is 797 Å². The van der Waals surface area contributed by atoms with E-state index in [1.54, 1.807) is 0 Å². The van der Waals surface area contributed by atoms with Crippen LogP contribution in [0.3, 0.4) is 0 Å². The van der Waals surface area contributed by atoms with Crippen molar-refractivity contribution in [3.63, 3.8) is 0 Å². The molecule has 0 aromatic heterocycles. The van der Waals surface area contributed by atoms with Crippen molar-refractivity contribution in [1.82, 2.24) is 14.7 Å². The van der Waals surface area contributed by atoms with Gasteiger partial charge >= 0.3 is 59.9 Å². The van der Waals surface area contributed by atoms with E-state index in [1.807, 2.05) is 0 Å². The van der Waals surface area contributed by atoms with Gasteiger partial charge in [0.05, 0.1) is 63.6 Å². The Hall–Kier alpha value is -5.62. The molecule has 5 N–H and O–H groups in total. The molecule has 131 heavy (non-hydrogen) atoms. The summed E-state index contributed by atoms with van der Waals surface area (Å²) < 4.78 is 37.3. The number of hydrogen-bond acceptors (Lipinski definition) is 19. The zero-order valence-electron chi connectivity index (χ0n) is 84.7. The Kier molecular flexibility index (Phi) is 88.1. The number of carbonyl (C=O) groups excluding carboxylic acids is 5. The fourth-order valence-electron chi connectivity index (χ4n) is 17.8. The maximum absolute atomic E-state index is 15.2. The van der Waals surface area contributed by atoms with Crippen molar-refractivity contribution in [3.05, 3.63) is 0 Å². The van der Waals surface area contributed by atoms with Gasteiger partial charge in [0, 0.05) is 26.2 Å². The van der Waals surface area contributed by atoms with Crippen LogP contribution in [0.15, 0.2) is 0 Å². The Morgan fingerprint density at radius 2 is 0.435 bits per heavy atom. The molecule has 0 aromatic rings. The van der Waals surface area contributed by atoms with Gasteiger partial charge in [-0.25, -0.2) is 4.79 Å². The Bertz CT molecular complexity index is 2430.